The van der Waals surface area contributed by atoms with Crippen molar-refractivity contribution in [2.24, 2.45) is 0 Å². The molecule has 0 fully saturated rings. The second-order valence-electron chi connectivity index (χ2n) is 5.26. The quantitative estimate of drug-likeness (QED) is 0.430. The van der Waals surface area contributed by atoms with Crippen LogP contribution in [0.1, 0.15) is 27.2 Å². The maximum Gasteiger partial charge on any atom is 0.275 e. The van der Waals surface area contributed by atoms with Crippen LogP contribution in [0.5, 0.6) is 5.75 Å². The highest BCUT2D eigenvalue weighted by Gasteiger charge is 2.10. The Morgan fingerprint density at radius 1 is 1.38 bits per heavy atom. The maximum atomic E-state index is 10.9. The molecule has 118 valence electrons. The van der Waals surface area contributed by atoms with Crippen molar-refractivity contribution in [1.82, 2.24) is 4.90 Å². The zero-order valence-corrected chi connectivity index (χ0v) is 13.3. The second-order valence-corrected chi connectivity index (χ2v) is 5.26. The SMILES string of the molecule is CCOc1cc(NCCCN(C)C(C)C)cc([N+](=O)[O-])c1. The summed E-state index contributed by atoms with van der Waals surface area (Å²) in [7, 11) is 2.09. The summed E-state index contributed by atoms with van der Waals surface area (Å²) in [6, 6.07) is 5.30. The number of nitro benzene ring substituents is 1. The largest absolute Gasteiger partial charge is 0.494 e. The molecule has 0 aliphatic carbocycles. The van der Waals surface area contributed by atoms with Crippen molar-refractivity contribution in [3.8, 4) is 5.75 Å². The van der Waals surface area contributed by atoms with E-state index in [0.29, 0.717) is 18.4 Å². The van der Waals surface area contributed by atoms with E-state index in [9.17, 15) is 10.1 Å². The van der Waals surface area contributed by atoms with Crippen LogP contribution < -0.4 is 10.1 Å². The van der Waals surface area contributed by atoms with Crippen LogP contribution in [-0.2, 0) is 0 Å². The van der Waals surface area contributed by atoms with Gasteiger partial charge in [0.1, 0.15) is 5.75 Å². The van der Waals surface area contributed by atoms with Crippen LogP contribution in [0.3, 0.4) is 0 Å². The third kappa shape index (κ3) is 5.99. The molecular formula is C15H25N3O3. The zero-order chi connectivity index (χ0) is 15.8. The monoisotopic (exact) mass is 295 g/mol. The third-order valence-corrected chi connectivity index (χ3v) is 3.31. The van der Waals surface area contributed by atoms with Crippen LogP contribution >= 0.6 is 0 Å². The van der Waals surface area contributed by atoms with Gasteiger partial charge in [-0.1, -0.05) is 0 Å². The molecule has 0 spiro atoms. The summed E-state index contributed by atoms with van der Waals surface area (Å²) in [5.41, 5.74) is 0.766. The van der Waals surface area contributed by atoms with E-state index in [4.69, 9.17) is 4.74 Å². The van der Waals surface area contributed by atoms with Crippen LogP contribution in [0, 0.1) is 10.1 Å². The van der Waals surface area contributed by atoms with E-state index in [0.717, 1.165) is 25.2 Å². The lowest BCUT2D eigenvalue weighted by Crippen LogP contribution is -2.28. The summed E-state index contributed by atoms with van der Waals surface area (Å²) in [6.07, 6.45) is 0.974. The Morgan fingerprint density at radius 3 is 2.67 bits per heavy atom. The molecule has 0 bridgehead atoms. The summed E-state index contributed by atoms with van der Waals surface area (Å²) in [4.78, 5) is 12.8. The number of rotatable bonds is 9. The van der Waals surface area contributed by atoms with Gasteiger partial charge in [0, 0.05) is 30.4 Å². The molecule has 0 atom stereocenters. The number of anilines is 1. The summed E-state index contributed by atoms with van der Waals surface area (Å²) < 4.78 is 5.36. The Bertz CT molecular complexity index is 463. The molecule has 0 unspecified atom stereocenters. The molecule has 0 amide bonds. The molecule has 0 saturated carbocycles. The first-order valence-electron chi connectivity index (χ1n) is 7.30. The molecule has 1 aromatic rings. The third-order valence-electron chi connectivity index (χ3n) is 3.31. The highest BCUT2D eigenvalue weighted by Crippen LogP contribution is 2.26. The van der Waals surface area contributed by atoms with Crippen molar-refractivity contribution in [2.75, 3.05) is 32.1 Å². The van der Waals surface area contributed by atoms with E-state index in [1.807, 2.05) is 6.92 Å². The Kier molecular flexibility index (Phi) is 6.94. The lowest BCUT2D eigenvalue weighted by Gasteiger charge is -2.20. The Balaban J connectivity index is 2.59. The van der Waals surface area contributed by atoms with Gasteiger partial charge in [-0.3, -0.25) is 10.1 Å². The Labute approximate surface area is 126 Å². The Hall–Kier alpha value is -1.82. The van der Waals surface area contributed by atoms with E-state index >= 15 is 0 Å². The van der Waals surface area contributed by atoms with E-state index in [1.54, 1.807) is 6.07 Å². The number of ether oxygens (including phenoxy) is 1. The van der Waals surface area contributed by atoms with Crippen molar-refractivity contribution in [3.63, 3.8) is 0 Å². The van der Waals surface area contributed by atoms with Crippen molar-refractivity contribution < 1.29 is 9.66 Å². The average molecular weight is 295 g/mol. The highest BCUT2D eigenvalue weighted by atomic mass is 16.6. The van der Waals surface area contributed by atoms with Gasteiger partial charge >= 0.3 is 0 Å². The zero-order valence-electron chi connectivity index (χ0n) is 13.3. The topological polar surface area (TPSA) is 67.6 Å². The van der Waals surface area contributed by atoms with Crippen LogP contribution in [-0.4, -0.2) is 42.6 Å². The number of non-ortho nitro benzene ring substituents is 1. The number of nitro groups is 1. The van der Waals surface area contributed by atoms with Gasteiger partial charge in [-0.2, -0.15) is 0 Å². The summed E-state index contributed by atoms with van der Waals surface area (Å²) >= 11 is 0. The van der Waals surface area contributed by atoms with Gasteiger partial charge in [-0.25, -0.2) is 0 Å². The molecule has 1 rings (SSSR count). The number of benzene rings is 1. The number of nitrogens with zero attached hydrogens (tertiary/aromatic N) is 2. The minimum absolute atomic E-state index is 0.0442. The van der Waals surface area contributed by atoms with E-state index < -0.39 is 4.92 Å². The van der Waals surface area contributed by atoms with Crippen LogP contribution in [0.4, 0.5) is 11.4 Å². The van der Waals surface area contributed by atoms with E-state index in [-0.39, 0.29) is 5.69 Å². The minimum Gasteiger partial charge on any atom is -0.494 e. The van der Waals surface area contributed by atoms with Gasteiger partial charge in [0.2, 0.25) is 0 Å². The fourth-order valence-corrected chi connectivity index (χ4v) is 1.86. The number of nitrogens with one attached hydrogen (secondary N) is 1. The van der Waals surface area contributed by atoms with Crippen LogP contribution in [0.15, 0.2) is 18.2 Å². The second kappa shape index (κ2) is 8.46. The van der Waals surface area contributed by atoms with Crippen molar-refractivity contribution in [2.45, 2.75) is 33.2 Å². The van der Waals surface area contributed by atoms with E-state index in [1.165, 1.54) is 12.1 Å². The summed E-state index contributed by atoms with van der Waals surface area (Å²) in [6.45, 7) is 8.40. The molecule has 0 aliphatic heterocycles. The van der Waals surface area contributed by atoms with Crippen molar-refractivity contribution in [3.05, 3.63) is 28.3 Å². The number of hydrogen-bond donors (Lipinski definition) is 1. The van der Waals surface area contributed by atoms with Crippen LogP contribution in [0.2, 0.25) is 0 Å². The highest BCUT2D eigenvalue weighted by molar-refractivity contribution is 5.56. The molecule has 0 saturated heterocycles. The predicted molar refractivity (Wildman–Crippen MR) is 85.1 cm³/mol. The fourth-order valence-electron chi connectivity index (χ4n) is 1.86. The van der Waals surface area contributed by atoms with Gasteiger partial charge in [-0.05, 0) is 40.8 Å². The maximum absolute atomic E-state index is 10.9. The molecule has 0 radical (unpaired) electrons. The Morgan fingerprint density at radius 2 is 2.10 bits per heavy atom. The molecule has 0 heterocycles. The lowest BCUT2D eigenvalue weighted by molar-refractivity contribution is -0.384. The molecule has 0 aliphatic rings. The fraction of sp³-hybridized carbons (Fsp3) is 0.600. The minimum atomic E-state index is -0.403. The first-order chi connectivity index (χ1) is 9.93. The van der Waals surface area contributed by atoms with Gasteiger partial charge in [0.25, 0.3) is 5.69 Å². The summed E-state index contributed by atoms with van der Waals surface area (Å²) in [5, 5.41) is 14.1. The number of hydrogen-bond acceptors (Lipinski definition) is 5. The molecule has 1 N–H and O–H groups in total. The van der Waals surface area contributed by atoms with Gasteiger partial charge < -0.3 is 15.0 Å². The standard InChI is InChI=1S/C15H25N3O3/c1-5-21-15-10-13(9-14(11-15)18(19)20)16-7-6-8-17(4)12(2)3/h9-12,16H,5-8H2,1-4H3. The molecular weight excluding hydrogens is 270 g/mol. The van der Waals surface area contributed by atoms with Crippen molar-refractivity contribution >= 4 is 11.4 Å². The molecule has 1 aromatic carbocycles. The average Bonchev–Trinajstić information content (AvgIpc) is 2.43. The normalized spacial score (nSPS) is 11.0. The van der Waals surface area contributed by atoms with Crippen molar-refractivity contribution in [1.29, 1.82) is 0 Å². The molecule has 6 nitrogen and oxygen atoms in total. The van der Waals surface area contributed by atoms with Crippen LogP contribution in [0.25, 0.3) is 0 Å². The first kappa shape index (κ1) is 17.2. The smallest absolute Gasteiger partial charge is 0.275 e. The molecule has 21 heavy (non-hydrogen) atoms. The van der Waals surface area contributed by atoms with Gasteiger partial charge in [-0.15, -0.1) is 0 Å². The predicted octanol–water partition coefficient (Wildman–Crippen LogP) is 3.14. The summed E-state index contributed by atoms with van der Waals surface area (Å²) in [5.74, 6) is 0.522. The molecule has 6 heteroatoms. The molecule has 0 aromatic heterocycles. The lowest BCUT2D eigenvalue weighted by atomic mass is 10.2. The van der Waals surface area contributed by atoms with Gasteiger partial charge in [0.05, 0.1) is 17.6 Å². The first-order valence-corrected chi connectivity index (χ1v) is 7.30. The van der Waals surface area contributed by atoms with E-state index in [2.05, 4.69) is 31.1 Å². The van der Waals surface area contributed by atoms with Gasteiger partial charge in [0.15, 0.2) is 0 Å².